The van der Waals surface area contributed by atoms with Crippen molar-refractivity contribution in [3.63, 3.8) is 0 Å². The minimum Gasteiger partial charge on any atom is -0.483 e. The maximum absolute atomic E-state index is 10.3. The highest BCUT2D eigenvalue weighted by atomic mass is 16.4. The van der Waals surface area contributed by atoms with Crippen molar-refractivity contribution >= 4 is 42.3 Å². The van der Waals surface area contributed by atoms with E-state index >= 15 is 0 Å². The molecule has 0 heterocycles. The second kappa shape index (κ2) is 18.1. The van der Waals surface area contributed by atoms with Gasteiger partial charge in [-0.25, -0.2) is 4.79 Å². The highest BCUT2D eigenvalue weighted by molar-refractivity contribution is 5.88. The van der Waals surface area contributed by atoms with Crippen LogP contribution in [0.1, 0.15) is 32.6 Å². The standard InChI is InChI=1S/C6H8O7.C4H6O4.C2H4O2.CH2O2/c7-3(8)1-6(13,5(11)12)2-4(9)10;5-3(6)1-2-4(7)8;1-2(3)4;2-1-3/h13H,1-2H2,(H,7,8)(H,9,10)(H,11,12);1-2H2,(H,5,6)(H,7,8);1H3,(H,3,4);1H,(H,2,3). The van der Waals surface area contributed by atoms with Gasteiger partial charge < -0.3 is 40.9 Å². The lowest BCUT2D eigenvalue weighted by molar-refractivity contribution is -0.170. The van der Waals surface area contributed by atoms with E-state index in [1.165, 1.54) is 0 Å². The summed E-state index contributed by atoms with van der Waals surface area (Å²) in [7, 11) is 0. The topological polar surface area (TPSA) is 281 Å². The second-order valence-corrected chi connectivity index (χ2v) is 4.39. The Kier molecular flexibility index (Phi) is 20.6. The third-order valence-corrected chi connectivity index (χ3v) is 1.84. The molecule has 0 aliphatic carbocycles. The summed E-state index contributed by atoms with van der Waals surface area (Å²) in [6.07, 6.45) is -2.88. The Balaban J connectivity index is -0.000000163. The Morgan fingerprint density at radius 1 is 0.714 bits per heavy atom. The number of carboxylic acid groups (broad SMARTS) is 7. The Bertz CT molecular complexity index is 516. The first-order valence-corrected chi connectivity index (χ1v) is 6.66. The number of carbonyl (C=O) groups is 7. The average molecular weight is 416 g/mol. The Labute approximate surface area is 156 Å². The monoisotopic (exact) mass is 416 g/mol. The first-order valence-electron chi connectivity index (χ1n) is 6.66. The predicted octanol–water partition coefficient (Wildman–Crippen LogP) is -1.52. The van der Waals surface area contributed by atoms with Gasteiger partial charge in [0.2, 0.25) is 0 Å². The molecule has 0 aromatic heterocycles. The number of aliphatic hydroxyl groups is 1. The smallest absolute Gasteiger partial charge is 0.336 e. The number of aliphatic carboxylic acids is 6. The van der Waals surface area contributed by atoms with Gasteiger partial charge in [0.15, 0.2) is 5.60 Å². The minimum absolute atomic E-state index is 0.250. The molecule has 8 N–H and O–H groups in total. The molecule has 0 rings (SSSR count). The molecule has 0 saturated heterocycles. The number of hydrogen-bond donors (Lipinski definition) is 8. The molecule has 0 saturated carbocycles. The molecule has 0 atom stereocenters. The van der Waals surface area contributed by atoms with Crippen LogP contribution in [0.15, 0.2) is 0 Å². The van der Waals surface area contributed by atoms with Crippen LogP contribution in [0.4, 0.5) is 0 Å². The quantitative estimate of drug-likeness (QED) is 0.208. The van der Waals surface area contributed by atoms with Crippen LogP contribution in [0.25, 0.3) is 0 Å². The van der Waals surface area contributed by atoms with Crippen LogP contribution in [0.2, 0.25) is 0 Å². The molecule has 15 heteroatoms. The van der Waals surface area contributed by atoms with Crippen LogP contribution >= 0.6 is 0 Å². The Hall–Kier alpha value is -3.75. The Morgan fingerprint density at radius 3 is 1.04 bits per heavy atom. The molecule has 0 aliphatic rings. The van der Waals surface area contributed by atoms with E-state index in [1.54, 1.807) is 0 Å². The number of rotatable bonds is 8. The molecule has 162 valence electrons. The van der Waals surface area contributed by atoms with Crippen LogP contribution < -0.4 is 0 Å². The summed E-state index contributed by atoms with van der Waals surface area (Å²) in [5, 5.41) is 63.9. The van der Waals surface area contributed by atoms with Gasteiger partial charge in [-0.05, 0) is 0 Å². The van der Waals surface area contributed by atoms with Gasteiger partial charge in [-0.15, -0.1) is 0 Å². The van der Waals surface area contributed by atoms with Crippen LogP contribution in [-0.2, 0) is 33.6 Å². The maximum Gasteiger partial charge on any atom is 0.336 e. The lowest BCUT2D eigenvalue weighted by Crippen LogP contribution is -2.42. The molecule has 0 spiro atoms. The van der Waals surface area contributed by atoms with E-state index in [2.05, 4.69) is 0 Å². The van der Waals surface area contributed by atoms with Gasteiger partial charge in [0.25, 0.3) is 12.4 Å². The minimum atomic E-state index is -2.74. The fourth-order valence-corrected chi connectivity index (χ4v) is 0.928. The van der Waals surface area contributed by atoms with E-state index in [0.29, 0.717) is 0 Å². The number of hydrogen-bond acceptors (Lipinski definition) is 8. The van der Waals surface area contributed by atoms with Crippen molar-refractivity contribution in [1.82, 2.24) is 0 Å². The molecule has 28 heavy (non-hydrogen) atoms. The molecule has 0 aliphatic heterocycles. The van der Waals surface area contributed by atoms with E-state index in [-0.39, 0.29) is 19.3 Å². The zero-order valence-corrected chi connectivity index (χ0v) is 14.3. The van der Waals surface area contributed by atoms with Crippen LogP contribution in [-0.4, -0.2) is 88.7 Å². The molecule has 0 bridgehead atoms. The van der Waals surface area contributed by atoms with Crippen LogP contribution in [0, 0.1) is 0 Å². The summed E-state index contributed by atoms with van der Waals surface area (Å²) >= 11 is 0. The highest BCUT2D eigenvalue weighted by Crippen LogP contribution is 2.15. The van der Waals surface area contributed by atoms with Gasteiger partial charge in [0, 0.05) is 6.92 Å². The summed E-state index contributed by atoms with van der Waals surface area (Å²) < 4.78 is 0. The molecule has 0 radical (unpaired) electrons. The molecule has 0 aromatic carbocycles. The van der Waals surface area contributed by atoms with Gasteiger partial charge in [0.05, 0.1) is 25.7 Å². The van der Waals surface area contributed by atoms with E-state index in [1.807, 2.05) is 0 Å². The van der Waals surface area contributed by atoms with Crippen LogP contribution in [0.3, 0.4) is 0 Å². The van der Waals surface area contributed by atoms with Crippen molar-refractivity contribution in [1.29, 1.82) is 0 Å². The lowest BCUT2D eigenvalue weighted by atomic mass is 9.96. The molecule has 0 aromatic rings. The summed E-state index contributed by atoms with van der Waals surface area (Å²) in [4.78, 5) is 67.1. The predicted molar refractivity (Wildman–Crippen MR) is 83.6 cm³/mol. The first kappa shape index (κ1) is 32.0. The van der Waals surface area contributed by atoms with Gasteiger partial charge in [-0.1, -0.05) is 0 Å². The lowest BCUT2D eigenvalue weighted by Gasteiger charge is -2.18. The van der Waals surface area contributed by atoms with E-state index in [9.17, 15) is 24.0 Å². The molecule has 0 fully saturated rings. The van der Waals surface area contributed by atoms with Crippen molar-refractivity contribution in [3.05, 3.63) is 0 Å². The van der Waals surface area contributed by atoms with Gasteiger partial charge >= 0.3 is 29.8 Å². The molecular weight excluding hydrogens is 396 g/mol. The van der Waals surface area contributed by atoms with E-state index in [4.69, 9.17) is 50.4 Å². The van der Waals surface area contributed by atoms with Gasteiger partial charge in [-0.3, -0.25) is 28.8 Å². The molecular formula is C13H20O15. The first-order chi connectivity index (χ1) is 12.5. The highest BCUT2D eigenvalue weighted by Gasteiger charge is 2.40. The van der Waals surface area contributed by atoms with E-state index in [0.717, 1.165) is 6.92 Å². The summed E-state index contributed by atoms with van der Waals surface area (Å²) in [5.74, 6) is -8.01. The van der Waals surface area contributed by atoms with Crippen molar-refractivity contribution in [2.75, 3.05) is 0 Å². The summed E-state index contributed by atoms with van der Waals surface area (Å²) in [6, 6.07) is 0. The van der Waals surface area contributed by atoms with Crippen molar-refractivity contribution in [3.8, 4) is 0 Å². The SMILES string of the molecule is CC(=O)O.O=C(O)CC(O)(CC(=O)O)C(=O)O.O=C(O)CCC(=O)O.O=CO. The molecule has 0 unspecified atom stereocenters. The van der Waals surface area contributed by atoms with E-state index < -0.39 is 54.3 Å². The fourth-order valence-electron chi connectivity index (χ4n) is 0.928. The van der Waals surface area contributed by atoms with Crippen molar-refractivity contribution < 1.29 is 74.4 Å². The molecule has 15 nitrogen and oxygen atoms in total. The largest absolute Gasteiger partial charge is 0.483 e. The van der Waals surface area contributed by atoms with Gasteiger partial charge in [0.1, 0.15) is 0 Å². The zero-order chi connectivity index (χ0) is 23.5. The number of carboxylic acids is 6. The maximum atomic E-state index is 10.3. The second-order valence-electron chi connectivity index (χ2n) is 4.39. The average Bonchev–Trinajstić information content (AvgIpc) is 2.44. The summed E-state index contributed by atoms with van der Waals surface area (Å²) in [6.45, 7) is 0.833. The fraction of sp³-hybridized carbons (Fsp3) is 0.462. The third-order valence-electron chi connectivity index (χ3n) is 1.84. The molecule has 0 amide bonds. The van der Waals surface area contributed by atoms with Crippen molar-refractivity contribution in [2.45, 2.75) is 38.2 Å². The van der Waals surface area contributed by atoms with Crippen LogP contribution in [0.5, 0.6) is 0 Å². The normalized spacial score (nSPS) is 8.79. The summed E-state index contributed by atoms with van der Waals surface area (Å²) in [5.41, 5.74) is -2.74. The Morgan fingerprint density at radius 2 is 0.929 bits per heavy atom. The third kappa shape index (κ3) is 33.8. The van der Waals surface area contributed by atoms with Crippen molar-refractivity contribution in [2.24, 2.45) is 0 Å². The van der Waals surface area contributed by atoms with Gasteiger partial charge in [-0.2, -0.15) is 0 Å². The zero-order valence-electron chi connectivity index (χ0n) is 14.3.